The Bertz CT molecular complexity index is 821. The van der Waals surface area contributed by atoms with Crippen LogP contribution in [0.5, 0.6) is 0 Å². The van der Waals surface area contributed by atoms with Crippen molar-refractivity contribution in [2.24, 2.45) is 0 Å². The van der Waals surface area contributed by atoms with Crippen LogP contribution in [-0.4, -0.2) is 46.3 Å². The molecule has 0 spiro atoms. The lowest BCUT2D eigenvalue weighted by atomic mass is 10.0. The molecule has 1 unspecified atom stereocenters. The van der Waals surface area contributed by atoms with Crippen LogP contribution in [0.3, 0.4) is 0 Å². The van der Waals surface area contributed by atoms with E-state index < -0.39 is 21.3 Å². The normalized spacial score (nSPS) is 24.0. The molecule has 1 N–H and O–H groups in total. The van der Waals surface area contributed by atoms with E-state index in [-0.39, 0.29) is 17.2 Å². The fourth-order valence-electron chi connectivity index (χ4n) is 2.43. The highest BCUT2D eigenvalue weighted by Gasteiger charge is 2.39. The van der Waals surface area contributed by atoms with Gasteiger partial charge in [-0.3, -0.25) is 9.78 Å². The summed E-state index contributed by atoms with van der Waals surface area (Å²) in [4.78, 5) is 24.5. The largest absolute Gasteiger partial charge is 0.344 e. The highest BCUT2D eigenvalue weighted by molar-refractivity contribution is 7.91. The number of pyridine rings is 1. The number of aromatic nitrogens is 3. The molecule has 1 saturated heterocycles. The van der Waals surface area contributed by atoms with Crippen LogP contribution in [0.4, 0.5) is 0 Å². The zero-order valence-electron chi connectivity index (χ0n) is 11.4. The Morgan fingerprint density at radius 2 is 2.05 bits per heavy atom. The molecule has 2 aromatic heterocycles. The molecule has 1 atom stereocenters. The first-order valence-electron chi connectivity index (χ1n) is 6.48. The van der Waals surface area contributed by atoms with E-state index in [0.717, 1.165) is 0 Å². The predicted octanol–water partition coefficient (Wildman–Crippen LogP) is 0.332. The summed E-state index contributed by atoms with van der Waals surface area (Å²) >= 11 is 0. The molecule has 8 heteroatoms. The molecule has 0 bridgehead atoms. The Hall–Kier alpha value is -2.09. The van der Waals surface area contributed by atoms with Crippen LogP contribution in [-0.2, 0) is 9.84 Å². The maximum Gasteiger partial charge on any atom is 0.270 e. The number of carbonyl (C=O) groups excluding carboxylic acids is 1. The maximum atomic E-state index is 12.2. The van der Waals surface area contributed by atoms with Crippen molar-refractivity contribution in [3.05, 3.63) is 30.2 Å². The van der Waals surface area contributed by atoms with E-state index in [2.05, 4.69) is 20.3 Å². The average molecular weight is 306 g/mol. The zero-order chi connectivity index (χ0) is 15.1. The smallest absolute Gasteiger partial charge is 0.270 e. The fraction of sp³-hybridized carbons (Fsp3) is 0.385. The van der Waals surface area contributed by atoms with Gasteiger partial charge >= 0.3 is 0 Å². The first-order chi connectivity index (χ1) is 9.87. The summed E-state index contributed by atoms with van der Waals surface area (Å²) in [6.07, 6.45) is 3.46. The van der Waals surface area contributed by atoms with E-state index in [1.54, 1.807) is 25.3 Å². The SMILES string of the molecule is CC1(NC(=O)c2ccc3nccnc3n2)CCS(=O)(=O)C1. The molecule has 1 aliphatic heterocycles. The summed E-state index contributed by atoms with van der Waals surface area (Å²) in [7, 11) is -3.07. The van der Waals surface area contributed by atoms with Gasteiger partial charge in [-0.05, 0) is 25.5 Å². The number of carbonyl (C=O) groups is 1. The van der Waals surface area contributed by atoms with E-state index in [4.69, 9.17) is 0 Å². The Morgan fingerprint density at radius 3 is 2.76 bits per heavy atom. The van der Waals surface area contributed by atoms with Crippen LogP contribution < -0.4 is 5.32 Å². The monoisotopic (exact) mass is 306 g/mol. The highest BCUT2D eigenvalue weighted by Crippen LogP contribution is 2.23. The minimum absolute atomic E-state index is 0.0425. The van der Waals surface area contributed by atoms with Gasteiger partial charge in [0.2, 0.25) is 0 Å². The Morgan fingerprint density at radius 1 is 1.29 bits per heavy atom. The van der Waals surface area contributed by atoms with Crippen molar-refractivity contribution >= 4 is 26.9 Å². The minimum Gasteiger partial charge on any atom is -0.344 e. The van der Waals surface area contributed by atoms with Gasteiger partial charge in [0.25, 0.3) is 5.91 Å². The predicted molar refractivity (Wildman–Crippen MR) is 76.5 cm³/mol. The number of fused-ring (bicyclic) bond motifs is 1. The third-order valence-electron chi connectivity index (χ3n) is 3.48. The molecular formula is C13H14N4O3S. The molecule has 3 rings (SSSR count). The number of amides is 1. The van der Waals surface area contributed by atoms with Crippen LogP contribution in [0.1, 0.15) is 23.8 Å². The summed E-state index contributed by atoms with van der Waals surface area (Å²) in [5, 5.41) is 2.76. The summed E-state index contributed by atoms with van der Waals surface area (Å²) in [6, 6.07) is 3.22. The number of nitrogens with one attached hydrogen (secondary N) is 1. The van der Waals surface area contributed by atoms with Crippen molar-refractivity contribution in [3.8, 4) is 0 Å². The van der Waals surface area contributed by atoms with Gasteiger partial charge in [-0.2, -0.15) is 0 Å². The second-order valence-corrected chi connectivity index (χ2v) is 7.64. The number of sulfone groups is 1. The quantitative estimate of drug-likeness (QED) is 0.858. The molecular weight excluding hydrogens is 292 g/mol. The van der Waals surface area contributed by atoms with Crippen LogP contribution >= 0.6 is 0 Å². The third kappa shape index (κ3) is 2.85. The number of nitrogens with zero attached hydrogens (tertiary/aromatic N) is 3. The summed E-state index contributed by atoms with van der Waals surface area (Å²) in [5.74, 6) is -0.346. The summed E-state index contributed by atoms with van der Waals surface area (Å²) < 4.78 is 23.1. The van der Waals surface area contributed by atoms with Gasteiger partial charge in [-0.1, -0.05) is 0 Å². The molecule has 110 valence electrons. The molecule has 0 saturated carbocycles. The van der Waals surface area contributed by atoms with Crippen LogP contribution in [0.15, 0.2) is 24.5 Å². The van der Waals surface area contributed by atoms with E-state index >= 15 is 0 Å². The molecule has 3 heterocycles. The second-order valence-electron chi connectivity index (χ2n) is 5.45. The van der Waals surface area contributed by atoms with Gasteiger partial charge in [0.05, 0.1) is 17.0 Å². The van der Waals surface area contributed by atoms with Crippen LogP contribution in [0.2, 0.25) is 0 Å². The number of rotatable bonds is 2. The Balaban J connectivity index is 1.84. The topological polar surface area (TPSA) is 102 Å². The van der Waals surface area contributed by atoms with E-state index in [0.29, 0.717) is 17.6 Å². The van der Waals surface area contributed by atoms with E-state index in [9.17, 15) is 13.2 Å². The molecule has 7 nitrogen and oxygen atoms in total. The molecule has 0 aromatic carbocycles. The molecule has 21 heavy (non-hydrogen) atoms. The van der Waals surface area contributed by atoms with Gasteiger partial charge in [-0.15, -0.1) is 0 Å². The van der Waals surface area contributed by atoms with Gasteiger partial charge in [0, 0.05) is 12.4 Å². The van der Waals surface area contributed by atoms with E-state index in [1.807, 2.05) is 0 Å². The van der Waals surface area contributed by atoms with Crippen molar-refractivity contribution in [1.82, 2.24) is 20.3 Å². The molecule has 0 aliphatic carbocycles. The Labute approximate surface area is 121 Å². The molecule has 2 aromatic rings. The minimum atomic E-state index is -3.07. The van der Waals surface area contributed by atoms with Gasteiger partial charge < -0.3 is 5.32 Å². The summed E-state index contributed by atoms with van der Waals surface area (Å²) in [5.41, 5.74) is 0.445. The lowest BCUT2D eigenvalue weighted by Gasteiger charge is -2.23. The number of hydrogen-bond donors (Lipinski definition) is 1. The standard InChI is InChI=1S/C13H14N4O3S/c1-13(4-7-21(19,20)8-13)17-12(18)10-3-2-9-11(16-10)15-6-5-14-9/h2-3,5-6H,4,7-8H2,1H3,(H,17,18). The highest BCUT2D eigenvalue weighted by atomic mass is 32.2. The van der Waals surface area contributed by atoms with Crippen molar-refractivity contribution < 1.29 is 13.2 Å². The fourth-order valence-corrected chi connectivity index (χ4v) is 4.52. The van der Waals surface area contributed by atoms with Gasteiger partial charge in [0.1, 0.15) is 11.2 Å². The van der Waals surface area contributed by atoms with Crippen molar-refractivity contribution in [2.75, 3.05) is 11.5 Å². The van der Waals surface area contributed by atoms with Crippen LogP contribution in [0.25, 0.3) is 11.2 Å². The lowest BCUT2D eigenvalue weighted by molar-refractivity contribution is 0.0910. The van der Waals surface area contributed by atoms with Crippen molar-refractivity contribution in [1.29, 1.82) is 0 Å². The lowest BCUT2D eigenvalue weighted by Crippen LogP contribution is -2.47. The van der Waals surface area contributed by atoms with Crippen molar-refractivity contribution in [3.63, 3.8) is 0 Å². The first-order valence-corrected chi connectivity index (χ1v) is 8.30. The maximum absolute atomic E-state index is 12.2. The number of hydrogen-bond acceptors (Lipinski definition) is 6. The average Bonchev–Trinajstić information content (AvgIpc) is 2.71. The van der Waals surface area contributed by atoms with E-state index in [1.165, 1.54) is 6.20 Å². The third-order valence-corrected chi connectivity index (χ3v) is 5.39. The van der Waals surface area contributed by atoms with Crippen molar-refractivity contribution in [2.45, 2.75) is 18.9 Å². The molecule has 1 amide bonds. The Kier molecular flexibility index (Phi) is 3.12. The van der Waals surface area contributed by atoms with Gasteiger partial charge in [0.15, 0.2) is 15.5 Å². The zero-order valence-corrected chi connectivity index (χ0v) is 12.2. The first kappa shape index (κ1) is 13.9. The van der Waals surface area contributed by atoms with Crippen LogP contribution in [0, 0.1) is 0 Å². The molecule has 1 fully saturated rings. The summed E-state index contributed by atoms with van der Waals surface area (Å²) in [6.45, 7) is 1.73. The second kappa shape index (κ2) is 4.73. The molecule has 0 radical (unpaired) electrons. The van der Waals surface area contributed by atoms with Gasteiger partial charge in [-0.25, -0.2) is 18.4 Å². The molecule has 1 aliphatic rings.